The smallest absolute Gasteiger partial charge is 0.408 e. The Morgan fingerprint density at radius 3 is 2.87 bits per heavy atom. The lowest BCUT2D eigenvalue weighted by Gasteiger charge is -1.99. The molecule has 1 saturated carbocycles. The minimum absolute atomic E-state index is 0.120. The first-order valence-electron chi connectivity index (χ1n) is 4.67. The lowest BCUT2D eigenvalue weighted by Crippen LogP contribution is -2.12. The molecule has 15 heavy (non-hydrogen) atoms. The lowest BCUT2D eigenvalue weighted by molar-refractivity contribution is 0.508. The van der Waals surface area contributed by atoms with Crippen molar-refractivity contribution in [1.82, 2.24) is 4.57 Å². The molecule has 0 unspecified atom stereocenters. The van der Waals surface area contributed by atoms with Crippen LogP contribution in [0, 0.1) is 5.82 Å². The van der Waals surface area contributed by atoms with Crippen molar-refractivity contribution >= 4 is 27.0 Å². The van der Waals surface area contributed by atoms with E-state index >= 15 is 0 Å². The second kappa shape index (κ2) is 2.95. The fraction of sp³-hybridized carbons (Fsp3) is 0.300. The van der Waals surface area contributed by atoms with Crippen LogP contribution in [0.4, 0.5) is 4.39 Å². The first kappa shape index (κ1) is 9.15. The van der Waals surface area contributed by atoms with E-state index in [2.05, 4.69) is 15.9 Å². The topological polar surface area (TPSA) is 35.1 Å². The van der Waals surface area contributed by atoms with Gasteiger partial charge in [0.15, 0.2) is 11.4 Å². The number of oxazole rings is 1. The molecule has 3 rings (SSSR count). The second-order valence-electron chi connectivity index (χ2n) is 3.70. The molecule has 0 atom stereocenters. The van der Waals surface area contributed by atoms with Crippen LogP contribution in [0.2, 0.25) is 0 Å². The number of rotatable bonds is 1. The summed E-state index contributed by atoms with van der Waals surface area (Å²) >= 11 is 3.16. The van der Waals surface area contributed by atoms with E-state index < -0.39 is 11.6 Å². The molecule has 1 aromatic carbocycles. The zero-order chi connectivity index (χ0) is 10.6. The van der Waals surface area contributed by atoms with Crippen LogP contribution in [-0.4, -0.2) is 4.57 Å². The third kappa shape index (κ3) is 1.33. The van der Waals surface area contributed by atoms with Gasteiger partial charge in [-0.2, -0.15) is 0 Å². The minimum Gasteiger partial charge on any atom is -0.408 e. The number of halogens is 2. The van der Waals surface area contributed by atoms with Gasteiger partial charge in [0, 0.05) is 10.5 Å². The first-order valence-corrected chi connectivity index (χ1v) is 5.46. The van der Waals surface area contributed by atoms with Gasteiger partial charge >= 0.3 is 5.76 Å². The lowest BCUT2D eigenvalue weighted by atomic mass is 10.3. The molecule has 0 saturated heterocycles. The van der Waals surface area contributed by atoms with Gasteiger partial charge in [-0.1, -0.05) is 15.9 Å². The van der Waals surface area contributed by atoms with Crippen molar-refractivity contribution in [2.45, 2.75) is 18.9 Å². The molecule has 0 N–H and O–H groups in total. The van der Waals surface area contributed by atoms with Crippen LogP contribution in [0.5, 0.6) is 0 Å². The van der Waals surface area contributed by atoms with Crippen molar-refractivity contribution in [2.75, 3.05) is 0 Å². The summed E-state index contributed by atoms with van der Waals surface area (Å²) in [6.45, 7) is 0. The Morgan fingerprint density at radius 1 is 1.47 bits per heavy atom. The van der Waals surface area contributed by atoms with Gasteiger partial charge in [0.05, 0.1) is 0 Å². The Hall–Kier alpha value is -1.10. The van der Waals surface area contributed by atoms with Crippen LogP contribution < -0.4 is 5.76 Å². The Labute approximate surface area is 92.6 Å². The molecule has 5 heteroatoms. The second-order valence-corrected chi connectivity index (χ2v) is 4.62. The summed E-state index contributed by atoms with van der Waals surface area (Å²) in [7, 11) is 0. The summed E-state index contributed by atoms with van der Waals surface area (Å²) in [5, 5.41) is 0. The average Bonchev–Trinajstić information content (AvgIpc) is 2.89. The number of fused-ring (bicyclic) bond motifs is 1. The predicted octanol–water partition coefficient (Wildman–Crippen LogP) is 2.83. The maximum atomic E-state index is 13.7. The van der Waals surface area contributed by atoms with Crippen LogP contribution in [0.15, 0.2) is 25.8 Å². The van der Waals surface area contributed by atoms with Crippen LogP contribution in [0.1, 0.15) is 18.9 Å². The summed E-state index contributed by atoms with van der Waals surface area (Å²) in [6, 6.07) is 3.07. The highest BCUT2D eigenvalue weighted by molar-refractivity contribution is 9.10. The SMILES string of the molecule is O=c1oc2cc(Br)cc(F)c2n1C1CC1. The maximum absolute atomic E-state index is 13.7. The number of benzene rings is 1. The molecule has 0 amide bonds. The first-order chi connectivity index (χ1) is 7.16. The van der Waals surface area contributed by atoms with Crippen LogP contribution in [0.3, 0.4) is 0 Å². The minimum atomic E-state index is -0.468. The van der Waals surface area contributed by atoms with E-state index in [0.717, 1.165) is 12.8 Å². The summed E-state index contributed by atoms with van der Waals surface area (Å²) in [5.41, 5.74) is 0.587. The Morgan fingerprint density at radius 2 is 2.20 bits per heavy atom. The van der Waals surface area contributed by atoms with Gasteiger partial charge in [-0.3, -0.25) is 4.57 Å². The van der Waals surface area contributed by atoms with Gasteiger partial charge in [-0.25, -0.2) is 9.18 Å². The molecular weight excluding hydrogens is 265 g/mol. The van der Waals surface area contributed by atoms with Gasteiger partial charge < -0.3 is 4.42 Å². The standard InChI is InChI=1S/C10H7BrFNO2/c11-5-3-7(12)9-8(4-5)15-10(14)13(9)6-1-2-6/h3-4,6H,1-2H2. The Kier molecular flexibility index (Phi) is 1.80. The van der Waals surface area contributed by atoms with Gasteiger partial charge in [-0.15, -0.1) is 0 Å². The van der Waals surface area contributed by atoms with E-state index in [1.54, 1.807) is 6.07 Å². The quantitative estimate of drug-likeness (QED) is 0.800. The van der Waals surface area contributed by atoms with E-state index in [0.29, 0.717) is 10.1 Å². The average molecular weight is 272 g/mol. The zero-order valence-corrected chi connectivity index (χ0v) is 9.25. The normalized spacial score (nSPS) is 16.1. The van der Waals surface area contributed by atoms with E-state index in [1.165, 1.54) is 10.6 Å². The van der Waals surface area contributed by atoms with Crippen LogP contribution in [0.25, 0.3) is 11.1 Å². The largest absolute Gasteiger partial charge is 0.420 e. The van der Waals surface area contributed by atoms with Crippen LogP contribution >= 0.6 is 15.9 Å². The summed E-state index contributed by atoms with van der Waals surface area (Å²) in [4.78, 5) is 11.5. The molecule has 1 heterocycles. The number of nitrogens with zero attached hydrogens (tertiary/aromatic N) is 1. The summed E-state index contributed by atoms with van der Waals surface area (Å²) in [5.74, 6) is -0.887. The summed E-state index contributed by atoms with van der Waals surface area (Å²) < 4.78 is 20.6. The van der Waals surface area contributed by atoms with E-state index in [1.807, 2.05) is 0 Å². The molecule has 0 radical (unpaired) electrons. The van der Waals surface area contributed by atoms with Crippen molar-refractivity contribution in [3.63, 3.8) is 0 Å². The fourth-order valence-electron chi connectivity index (χ4n) is 1.75. The molecule has 0 spiro atoms. The highest BCUT2D eigenvalue weighted by Gasteiger charge is 2.29. The van der Waals surface area contributed by atoms with Crippen molar-refractivity contribution < 1.29 is 8.81 Å². The number of aromatic nitrogens is 1. The third-order valence-electron chi connectivity index (χ3n) is 2.54. The van der Waals surface area contributed by atoms with E-state index in [-0.39, 0.29) is 11.6 Å². The number of hydrogen-bond acceptors (Lipinski definition) is 2. The van der Waals surface area contributed by atoms with Gasteiger partial charge in [0.1, 0.15) is 5.52 Å². The van der Waals surface area contributed by atoms with Gasteiger partial charge in [-0.05, 0) is 25.0 Å². The van der Waals surface area contributed by atoms with E-state index in [9.17, 15) is 9.18 Å². The third-order valence-corrected chi connectivity index (χ3v) is 3.00. The zero-order valence-electron chi connectivity index (χ0n) is 7.67. The Balaban J connectivity index is 2.43. The van der Waals surface area contributed by atoms with Crippen molar-refractivity contribution in [1.29, 1.82) is 0 Å². The monoisotopic (exact) mass is 271 g/mol. The molecular formula is C10H7BrFNO2. The highest BCUT2D eigenvalue weighted by Crippen LogP contribution is 2.37. The molecule has 2 aromatic rings. The molecule has 1 fully saturated rings. The van der Waals surface area contributed by atoms with Gasteiger partial charge in [0.25, 0.3) is 0 Å². The Bertz CT molecular complexity index is 597. The molecule has 1 aliphatic carbocycles. The molecule has 78 valence electrons. The molecule has 0 aliphatic heterocycles. The summed E-state index contributed by atoms with van der Waals surface area (Å²) in [6.07, 6.45) is 1.84. The van der Waals surface area contributed by atoms with Crippen molar-refractivity contribution in [2.24, 2.45) is 0 Å². The van der Waals surface area contributed by atoms with Crippen molar-refractivity contribution in [3.05, 3.63) is 33.0 Å². The molecule has 0 bridgehead atoms. The molecule has 1 aromatic heterocycles. The fourth-order valence-corrected chi connectivity index (χ4v) is 2.16. The maximum Gasteiger partial charge on any atom is 0.420 e. The molecule has 1 aliphatic rings. The van der Waals surface area contributed by atoms with Crippen molar-refractivity contribution in [3.8, 4) is 0 Å². The highest BCUT2D eigenvalue weighted by atomic mass is 79.9. The van der Waals surface area contributed by atoms with Gasteiger partial charge in [0.2, 0.25) is 0 Å². The molecule has 3 nitrogen and oxygen atoms in total. The van der Waals surface area contributed by atoms with Crippen LogP contribution in [-0.2, 0) is 0 Å². The predicted molar refractivity (Wildman–Crippen MR) is 56.4 cm³/mol. The number of hydrogen-bond donors (Lipinski definition) is 0. The van der Waals surface area contributed by atoms with E-state index in [4.69, 9.17) is 4.42 Å².